The molecule has 0 spiro atoms. The summed E-state index contributed by atoms with van der Waals surface area (Å²) < 4.78 is 13.3. The lowest BCUT2D eigenvalue weighted by molar-refractivity contribution is 0.626. The van der Waals surface area contributed by atoms with Crippen LogP contribution in [-0.2, 0) is 0 Å². The third-order valence-electron chi connectivity index (χ3n) is 1.87. The molecule has 0 fully saturated rings. The fourth-order valence-corrected chi connectivity index (χ4v) is 1.20. The summed E-state index contributed by atoms with van der Waals surface area (Å²) in [4.78, 5) is 1.50. The average Bonchev–Trinajstić information content (AvgIpc) is 2.21. The second-order valence-electron chi connectivity index (χ2n) is 2.68. The third-order valence-corrected chi connectivity index (χ3v) is 1.87. The van der Waals surface area contributed by atoms with E-state index in [4.69, 9.17) is 11.6 Å². The second kappa shape index (κ2) is 4.45. The molecule has 0 radical (unpaired) electrons. The first-order chi connectivity index (χ1) is 6.70. The summed E-state index contributed by atoms with van der Waals surface area (Å²) in [6, 6.07) is 6.33. The lowest BCUT2D eigenvalue weighted by Crippen LogP contribution is -2.38. The van der Waals surface area contributed by atoms with E-state index in [2.05, 4.69) is 5.10 Å². The summed E-state index contributed by atoms with van der Waals surface area (Å²) in [6.45, 7) is 2.35. The summed E-state index contributed by atoms with van der Waals surface area (Å²) in [5, 5.41) is 3.33. The van der Waals surface area contributed by atoms with Gasteiger partial charge in [-0.25, -0.2) is 4.39 Å². The highest BCUT2D eigenvalue weighted by Crippen LogP contribution is 2.17. The zero-order valence-electron chi connectivity index (χ0n) is 7.94. The Morgan fingerprint density at radius 2 is 2.14 bits per heavy atom. The first-order valence-electron chi connectivity index (χ1n) is 4.26. The summed E-state index contributed by atoms with van der Waals surface area (Å²) >= 11 is 0. The van der Waals surface area contributed by atoms with Crippen molar-refractivity contribution in [2.45, 2.75) is 6.92 Å². The predicted octanol–water partition coefficient (Wildman–Crippen LogP) is 0.840. The highest BCUT2D eigenvalue weighted by molar-refractivity contribution is 5.94. The Kier molecular flexibility index (Phi) is 3.28. The van der Waals surface area contributed by atoms with E-state index in [1.165, 1.54) is 11.0 Å². The van der Waals surface area contributed by atoms with E-state index in [1.807, 2.05) is 6.92 Å². The van der Waals surface area contributed by atoms with Gasteiger partial charge < -0.3 is 16.5 Å². The molecule has 4 nitrogen and oxygen atoms in total. The number of hydrazone groups is 1. The van der Waals surface area contributed by atoms with E-state index >= 15 is 0 Å². The van der Waals surface area contributed by atoms with Crippen molar-refractivity contribution in [2.24, 2.45) is 16.7 Å². The quantitative estimate of drug-likeness (QED) is 0.319. The molecule has 5 heteroatoms. The summed E-state index contributed by atoms with van der Waals surface area (Å²) in [5.41, 5.74) is 5.89. The van der Waals surface area contributed by atoms with Crippen molar-refractivity contribution >= 4 is 11.6 Å². The Morgan fingerprint density at radius 1 is 1.50 bits per heavy atom. The Hall–Kier alpha value is -1.78. The average molecular weight is 196 g/mol. The first-order valence-corrected chi connectivity index (χ1v) is 4.26. The van der Waals surface area contributed by atoms with Crippen LogP contribution in [0.2, 0.25) is 0 Å². The van der Waals surface area contributed by atoms with Gasteiger partial charge in [0.1, 0.15) is 5.82 Å². The standard InChI is InChI=1S/C9H13FN4/c1-2-14(9(11)13-12)8-6-4-3-5-7(8)10/h3-6H,2,12H2,1H3,(H2,11,13). The number of hydrogen-bond donors (Lipinski definition) is 2. The van der Waals surface area contributed by atoms with Crippen LogP contribution in [0.15, 0.2) is 29.4 Å². The van der Waals surface area contributed by atoms with E-state index in [9.17, 15) is 4.39 Å². The monoisotopic (exact) mass is 196 g/mol. The highest BCUT2D eigenvalue weighted by atomic mass is 19.1. The maximum Gasteiger partial charge on any atom is 0.217 e. The molecule has 0 aromatic heterocycles. The van der Waals surface area contributed by atoms with Gasteiger partial charge in [0.2, 0.25) is 5.96 Å². The van der Waals surface area contributed by atoms with E-state index in [0.29, 0.717) is 12.2 Å². The second-order valence-corrected chi connectivity index (χ2v) is 2.68. The number of rotatable bonds is 2. The summed E-state index contributed by atoms with van der Waals surface area (Å²) in [5.74, 6) is 4.78. The summed E-state index contributed by atoms with van der Waals surface area (Å²) in [7, 11) is 0. The number of guanidine groups is 1. The number of benzene rings is 1. The molecule has 0 heterocycles. The molecule has 0 atom stereocenters. The van der Waals surface area contributed by atoms with Crippen molar-refractivity contribution in [3.05, 3.63) is 30.1 Å². The number of nitrogens with zero attached hydrogens (tertiary/aromatic N) is 2. The zero-order chi connectivity index (χ0) is 10.6. The molecule has 0 saturated heterocycles. The number of para-hydroxylation sites is 1. The van der Waals surface area contributed by atoms with Crippen LogP contribution in [-0.4, -0.2) is 12.5 Å². The molecule has 0 aliphatic rings. The molecule has 0 aliphatic carbocycles. The van der Waals surface area contributed by atoms with E-state index < -0.39 is 0 Å². The van der Waals surface area contributed by atoms with Crippen LogP contribution in [0.4, 0.5) is 10.1 Å². The van der Waals surface area contributed by atoms with Crippen molar-refractivity contribution in [1.29, 1.82) is 0 Å². The van der Waals surface area contributed by atoms with Gasteiger partial charge in [0.15, 0.2) is 0 Å². The zero-order valence-corrected chi connectivity index (χ0v) is 7.94. The predicted molar refractivity (Wildman–Crippen MR) is 55.2 cm³/mol. The molecular weight excluding hydrogens is 183 g/mol. The largest absolute Gasteiger partial charge is 0.368 e. The van der Waals surface area contributed by atoms with Crippen LogP contribution in [0.3, 0.4) is 0 Å². The van der Waals surface area contributed by atoms with Gasteiger partial charge >= 0.3 is 0 Å². The maximum absolute atomic E-state index is 13.3. The number of halogens is 1. The highest BCUT2D eigenvalue weighted by Gasteiger charge is 2.11. The van der Waals surface area contributed by atoms with Crippen molar-refractivity contribution < 1.29 is 4.39 Å². The van der Waals surface area contributed by atoms with Crippen LogP contribution in [0.1, 0.15) is 6.92 Å². The van der Waals surface area contributed by atoms with Crippen LogP contribution in [0.25, 0.3) is 0 Å². The summed E-state index contributed by atoms with van der Waals surface area (Å²) in [6.07, 6.45) is 0. The molecule has 1 rings (SSSR count). The van der Waals surface area contributed by atoms with Gasteiger partial charge in [-0.2, -0.15) is 0 Å². The van der Waals surface area contributed by atoms with Crippen molar-refractivity contribution in [1.82, 2.24) is 0 Å². The number of anilines is 1. The van der Waals surface area contributed by atoms with Gasteiger partial charge in [-0.1, -0.05) is 12.1 Å². The van der Waals surface area contributed by atoms with Gasteiger partial charge in [-0.05, 0) is 19.1 Å². The minimum atomic E-state index is -0.346. The SMILES string of the molecule is CCN(/C(N)=N/N)c1ccccc1F. The van der Waals surface area contributed by atoms with E-state index in [1.54, 1.807) is 18.2 Å². The number of hydrogen-bond acceptors (Lipinski definition) is 2. The molecule has 0 saturated carbocycles. The lowest BCUT2D eigenvalue weighted by atomic mass is 10.3. The Morgan fingerprint density at radius 3 is 2.64 bits per heavy atom. The topological polar surface area (TPSA) is 67.6 Å². The first kappa shape index (κ1) is 10.3. The minimum absolute atomic E-state index is 0.0950. The van der Waals surface area contributed by atoms with E-state index in [-0.39, 0.29) is 11.8 Å². The van der Waals surface area contributed by atoms with Gasteiger partial charge in [0.25, 0.3) is 0 Å². The molecule has 0 bridgehead atoms. The molecule has 1 aromatic rings. The number of nitrogens with two attached hydrogens (primary N) is 2. The van der Waals surface area contributed by atoms with Gasteiger partial charge in [0, 0.05) is 6.54 Å². The van der Waals surface area contributed by atoms with Crippen molar-refractivity contribution in [3.8, 4) is 0 Å². The van der Waals surface area contributed by atoms with Gasteiger partial charge in [0.05, 0.1) is 5.69 Å². The fourth-order valence-electron chi connectivity index (χ4n) is 1.20. The molecule has 0 amide bonds. The van der Waals surface area contributed by atoms with Crippen LogP contribution in [0, 0.1) is 5.82 Å². The fraction of sp³-hybridized carbons (Fsp3) is 0.222. The molecule has 14 heavy (non-hydrogen) atoms. The molecule has 76 valence electrons. The molecular formula is C9H13FN4. The van der Waals surface area contributed by atoms with Crippen LogP contribution in [0.5, 0.6) is 0 Å². The van der Waals surface area contributed by atoms with Crippen molar-refractivity contribution in [3.63, 3.8) is 0 Å². The van der Waals surface area contributed by atoms with Gasteiger partial charge in [-0.15, -0.1) is 5.10 Å². The molecule has 0 aliphatic heterocycles. The van der Waals surface area contributed by atoms with E-state index in [0.717, 1.165) is 0 Å². The Labute approximate surface area is 82.0 Å². The van der Waals surface area contributed by atoms with Gasteiger partial charge in [-0.3, -0.25) is 0 Å². The Bertz CT molecular complexity index is 337. The van der Waals surface area contributed by atoms with Crippen LogP contribution >= 0.6 is 0 Å². The minimum Gasteiger partial charge on any atom is -0.368 e. The Balaban J connectivity index is 3.07. The smallest absolute Gasteiger partial charge is 0.217 e. The normalized spacial score (nSPS) is 11.4. The lowest BCUT2D eigenvalue weighted by Gasteiger charge is -2.21. The maximum atomic E-state index is 13.3. The molecule has 1 aromatic carbocycles. The van der Waals surface area contributed by atoms with Crippen molar-refractivity contribution in [2.75, 3.05) is 11.4 Å². The van der Waals surface area contributed by atoms with Crippen LogP contribution < -0.4 is 16.5 Å². The third kappa shape index (κ3) is 1.93. The molecule has 0 unspecified atom stereocenters. The molecule has 4 N–H and O–H groups in total.